The van der Waals surface area contributed by atoms with Crippen LogP contribution in [0, 0.1) is 0 Å². The van der Waals surface area contributed by atoms with Crippen molar-refractivity contribution in [3.8, 4) is 0 Å². The van der Waals surface area contributed by atoms with E-state index in [1.807, 2.05) is 13.1 Å². The standard InChI is InChI=1S/C10H19N3OS/c1-4-13(5-2)10-11-7-9(15-10)8-12-14-6-3/h7,12H,4-6,8H2,1-3H3. The zero-order valence-corrected chi connectivity index (χ0v) is 10.4. The lowest BCUT2D eigenvalue weighted by atomic mass is 10.5. The van der Waals surface area contributed by atoms with Crippen LogP contribution in [0.25, 0.3) is 0 Å². The van der Waals surface area contributed by atoms with Gasteiger partial charge in [-0.15, -0.1) is 11.3 Å². The molecule has 0 fully saturated rings. The first-order chi connectivity index (χ1) is 7.31. The van der Waals surface area contributed by atoms with E-state index in [2.05, 4.69) is 29.2 Å². The van der Waals surface area contributed by atoms with Gasteiger partial charge in [-0.3, -0.25) is 0 Å². The highest BCUT2D eigenvalue weighted by Crippen LogP contribution is 2.21. The van der Waals surface area contributed by atoms with Crippen LogP contribution in [0.2, 0.25) is 0 Å². The van der Waals surface area contributed by atoms with E-state index in [1.165, 1.54) is 4.88 Å². The molecule has 0 aliphatic rings. The van der Waals surface area contributed by atoms with Crippen LogP contribution in [0.3, 0.4) is 0 Å². The summed E-state index contributed by atoms with van der Waals surface area (Å²) >= 11 is 1.71. The second-order valence-corrected chi connectivity index (χ2v) is 4.13. The zero-order chi connectivity index (χ0) is 11.1. The maximum Gasteiger partial charge on any atom is 0.185 e. The van der Waals surface area contributed by atoms with Gasteiger partial charge < -0.3 is 9.74 Å². The molecular formula is C10H19N3OS. The predicted molar refractivity (Wildman–Crippen MR) is 64.1 cm³/mol. The fourth-order valence-corrected chi connectivity index (χ4v) is 2.21. The average molecular weight is 229 g/mol. The summed E-state index contributed by atoms with van der Waals surface area (Å²) < 4.78 is 0. The van der Waals surface area contributed by atoms with Gasteiger partial charge in [-0.05, 0) is 20.8 Å². The molecule has 1 N–H and O–H groups in total. The molecule has 0 saturated carbocycles. The van der Waals surface area contributed by atoms with Crippen molar-refractivity contribution in [1.82, 2.24) is 10.5 Å². The first-order valence-corrected chi connectivity index (χ1v) is 6.17. The molecule has 86 valence electrons. The zero-order valence-electron chi connectivity index (χ0n) is 9.62. The molecule has 0 saturated heterocycles. The molecule has 1 aromatic rings. The summed E-state index contributed by atoms with van der Waals surface area (Å²) in [5.74, 6) is 0. The Hall–Kier alpha value is -0.650. The molecular weight excluding hydrogens is 210 g/mol. The van der Waals surface area contributed by atoms with E-state index in [-0.39, 0.29) is 0 Å². The third-order valence-electron chi connectivity index (χ3n) is 2.07. The summed E-state index contributed by atoms with van der Waals surface area (Å²) in [5, 5.41) is 1.09. The Bertz CT molecular complexity index is 273. The highest BCUT2D eigenvalue weighted by molar-refractivity contribution is 7.15. The van der Waals surface area contributed by atoms with E-state index >= 15 is 0 Å². The van der Waals surface area contributed by atoms with Crippen LogP contribution in [-0.4, -0.2) is 24.7 Å². The second kappa shape index (κ2) is 6.76. The van der Waals surface area contributed by atoms with Gasteiger partial charge in [0.2, 0.25) is 0 Å². The molecule has 0 unspecified atom stereocenters. The number of thiazole rings is 1. The monoisotopic (exact) mass is 229 g/mol. The molecule has 0 aromatic carbocycles. The average Bonchev–Trinajstić information content (AvgIpc) is 2.69. The molecule has 15 heavy (non-hydrogen) atoms. The van der Waals surface area contributed by atoms with Gasteiger partial charge in [-0.25, -0.2) is 4.98 Å². The van der Waals surface area contributed by atoms with Crippen molar-refractivity contribution >= 4 is 16.5 Å². The Kier molecular flexibility index (Phi) is 5.60. The largest absolute Gasteiger partial charge is 0.349 e. The van der Waals surface area contributed by atoms with Crippen LogP contribution in [0.4, 0.5) is 5.13 Å². The summed E-state index contributed by atoms with van der Waals surface area (Å²) in [4.78, 5) is 12.9. The molecule has 1 heterocycles. The Balaban J connectivity index is 2.47. The van der Waals surface area contributed by atoms with Crippen LogP contribution < -0.4 is 10.4 Å². The van der Waals surface area contributed by atoms with Crippen molar-refractivity contribution in [1.29, 1.82) is 0 Å². The third-order valence-corrected chi connectivity index (χ3v) is 3.13. The lowest BCUT2D eigenvalue weighted by Crippen LogP contribution is -2.21. The van der Waals surface area contributed by atoms with Gasteiger partial charge in [0.1, 0.15) is 0 Å². The summed E-state index contributed by atoms with van der Waals surface area (Å²) in [6.45, 7) is 9.66. The Morgan fingerprint density at radius 3 is 2.73 bits per heavy atom. The second-order valence-electron chi connectivity index (χ2n) is 3.04. The van der Waals surface area contributed by atoms with Crippen molar-refractivity contribution in [2.75, 3.05) is 24.6 Å². The van der Waals surface area contributed by atoms with Crippen molar-refractivity contribution in [2.24, 2.45) is 0 Å². The topological polar surface area (TPSA) is 37.4 Å². The van der Waals surface area contributed by atoms with Crippen LogP contribution in [0.15, 0.2) is 6.20 Å². The smallest absolute Gasteiger partial charge is 0.185 e. The number of rotatable bonds is 7. The third kappa shape index (κ3) is 3.77. The van der Waals surface area contributed by atoms with Crippen LogP contribution >= 0.6 is 11.3 Å². The van der Waals surface area contributed by atoms with Gasteiger partial charge in [-0.2, -0.15) is 5.48 Å². The number of nitrogens with zero attached hydrogens (tertiary/aromatic N) is 2. The molecule has 0 aliphatic carbocycles. The first-order valence-electron chi connectivity index (χ1n) is 5.36. The fourth-order valence-electron chi connectivity index (χ4n) is 1.24. The van der Waals surface area contributed by atoms with E-state index in [1.54, 1.807) is 11.3 Å². The van der Waals surface area contributed by atoms with Crippen LogP contribution in [0.1, 0.15) is 25.6 Å². The van der Waals surface area contributed by atoms with Gasteiger partial charge in [-0.1, -0.05) is 0 Å². The van der Waals surface area contributed by atoms with Crippen molar-refractivity contribution in [3.05, 3.63) is 11.1 Å². The van der Waals surface area contributed by atoms with Gasteiger partial charge in [0, 0.05) is 24.2 Å². The van der Waals surface area contributed by atoms with Crippen LogP contribution in [-0.2, 0) is 11.4 Å². The summed E-state index contributed by atoms with van der Waals surface area (Å²) in [7, 11) is 0. The first kappa shape index (κ1) is 12.4. The number of hydroxylamine groups is 1. The molecule has 0 atom stereocenters. The van der Waals surface area contributed by atoms with Gasteiger partial charge in [0.05, 0.1) is 13.2 Å². The fraction of sp³-hybridized carbons (Fsp3) is 0.700. The Morgan fingerprint density at radius 2 is 2.13 bits per heavy atom. The SMILES string of the molecule is CCONCc1cnc(N(CC)CC)s1. The maximum absolute atomic E-state index is 5.08. The number of nitrogens with one attached hydrogen (secondary N) is 1. The summed E-state index contributed by atoms with van der Waals surface area (Å²) in [6, 6.07) is 0. The molecule has 0 radical (unpaired) electrons. The van der Waals surface area contributed by atoms with Crippen molar-refractivity contribution in [3.63, 3.8) is 0 Å². The molecule has 0 amide bonds. The van der Waals surface area contributed by atoms with Crippen molar-refractivity contribution < 1.29 is 4.84 Å². The van der Waals surface area contributed by atoms with E-state index < -0.39 is 0 Å². The minimum Gasteiger partial charge on any atom is -0.349 e. The normalized spacial score (nSPS) is 10.6. The molecule has 4 nitrogen and oxygen atoms in total. The van der Waals surface area contributed by atoms with Crippen molar-refractivity contribution in [2.45, 2.75) is 27.3 Å². The minimum absolute atomic E-state index is 0.682. The van der Waals surface area contributed by atoms with Crippen LogP contribution in [0.5, 0.6) is 0 Å². The molecule has 0 spiro atoms. The van der Waals surface area contributed by atoms with E-state index in [4.69, 9.17) is 4.84 Å². The van der Waals surface area contributed by atoms with Gasteiger partial charge >= 0.3 is 0 Å². The quantitative estimate of drug-likeness (QED) is 0.573. The predicted octanol–water partition coefficient (Wildman–Crippen LogP) is 2.03. The number of aromatic nitrogens is 1. The van der Waals surface area contributed by atoms with Gasteiger partial charge in [0.25, 0.3) is 0 Å². The Morgan fingerprint density at radius 1 is 1.40 bits per heavy atom. The lowest BCUT2D eigenvalue weighted by Gasteiger charge is -2.16. The summed E-state index contributed by atoms with van der Waals surface area (Å²) in [6.07, 6.45) is 1.91. The molecule has 1 rings (SSSR count). The summed E-state index contributed by atoms with van der Waals surface area (Å²) in [5.41, 5.74) is 2.89. The van der Waals surface area contributed by atoms with E-state index in [9.17, 15) is 0 Å². The van der Waals surface area contributed by atoms with E-state index in [0.717, 1.165) is 24.8 Å². The minimum atomic E-state index is 0.682. The maximum atomic E-state index is 5.08. The highest BCUT2D eigenvalue weighted by Gasteiger charge is 2.06. The number of anilines is 1. The van der Waals surface area contributed by atoms with Gasteiger partial charge in [0.15, 0.2) is 5.13 Å². The molecule has 0 bridgehead atoms. The lowest BCUT2D eigenvalue weighted by molar-refractivity contribution is 0.0469. The molecule has 1 aromatic heterocycles. The van der Waals surface area contributed by atoms with E-state index in [0.29, 0.717) is 6.61 Å². The number of hydrogen-bond acceptors (Lipinski definition) is 5. The number of hydrogen-bond donors (Lipinski definition) is 1. The molecule has 5 heteroatoms. The Labute approximate surface area is 95.2 Å². The molecule has 0 aliphatic heterocycles. The highest BCUT2D eigenvalue weighted by atomic mass is 32.1.